The molecule has 3 rings (SSSR count). The topological polar surface area (TPSA) is 86.6 Å². The fraction of sp³-hybridized carbons (Fsp3) is 0.455. The molecule has 0 aliphatic carbocycles. The smallest absolute Gasteiger partial charge is 0.267 e. The van der Waals surface area contributed by atoms with E-state index in [2.05, 4.69) is 28.2 Å². The standard InChI is InChI=1S/C22H31N5O2/c1-16(2)25-21(23)6-7-24-22-14-17(3)19-5-4-18(15-20(19)26-22)29-13-10-27-8-11-28-12-9-27/h4-7,14-16H,8-13H2,1-3H3,(H2,23,25)(H,24,26)/p+1/b7-6-. The summed E-state index contributed by atoms with van der Waals surface area (Å²) in [5.74, 6) is 2.22. The first-order chi connectivity index (χ1) is 14.0. The number of aromatic nitrogens is 1. The first-order valence-electron chi connectivity index (χ1n) is 10.2. The van der Waals surface area contributed by atoms with Gasteiger partial charge in [0.15, 0.2) is 0 Å². The van der Waals surface area contributed by atoms with Crippen molar-refractivity contribution in [3.05, 3.63) is 42.1 Å². The van der Waals surface area contributed by atoms with E-state index in [1.165, 1.54) is 0 Å². The maximum absolute atomic E-state index is 5.96. The Morgan fingerprint density at radius 1 is 1.34 bits per heavy atom. The molecule has 1 aliphatic heterocycles. The minimum Gasteiger partial charge on any atom is -0.492 e. The average Bonchev–Trinajstić information content (AvgIpc) is 2.68. The summed E-state index contributed by atoms with van der Waals surface area (Å²) in [5, 5.41) is 4.31. The number of aryl methyl sites for hydroxylation is 1. The highest BCUT2D eigenvalue weighted by Crippen LogP contribution is 2.24. The van der Waals surface area contributed by atoms with E-state index in [1.54, 1.807) is 12.3 Å². The Morgan fingerprint density at radius 3 is 2.90 bits per heavy atom. The number of anilines is 1. The van der Waals surface area contributed by atoms with Gasteiger partial charge in [-0.25, -0.2) is 4.98 Å². The molecule has 0 radical (unpaired) electrons. The number of amidine groups is 1. The van der Waals surface area contributed by atoms with E-state index < -0.39 is 0 Å². The summed E-state index contributed by atoms with van der Waals surface area (Å²) in [6.45, 7) is 11.3. The van der Waals surface area contributed by atoms with Gasteiger partial charge in [-0.3, -0.25) is 15.6 Å². The van der Waals surface area contributed by atoms with Crippen LogP contribution in [0.25, 0.3) is 10.9 Å². The molecule has 0 saturated carbocycles. The SMILES string of the molecule is Cc1cc(N/C=C\C(N)=[NH+]C(C)C)nc2cc(OCCN3CCOCC3)ccc12. The number of hydrogen-bond acceptors (Lipinski definition) is 5. The molecule has 7 heteroatoms. The number of rotatable bonds is 8. The first-order valence-corrected chi connectivity index (χ1v) is 10.2. The van der Waals surface area contributed by atoms with Crippen molar-refractivity contribution in [3.63, 3.8) is 0 Å². The molecular formula is C22H32N5O2+. The molecule has 1 saturated heterocycles. The van der Waals surface area contributed by atoms with Gasteiger partial charge in [0, 0.05) is 43.4 Å². The van der Waals surface area contributed by atoms with Crippen LogP contribution in [-0.4, -0.2) is 61.2 Å². The monoisotopic (exact) mass is 398 g/mol. The van der Waals surface area contributed by atoms with E-state index >= 15 is 0 Å². The Bertz CT molecular complexity index is 873. The van der Waals surface area contributed by atoms with Gasteiger partial charge in [-0.15, -0.1) is 0 Å². The van der Waals surface area contributed by atoms with Crippen molar-refractivity contribution in [1.82, 2.24) is 9.88 Å². The summed E-state index contributed by atoms with van der Waals surface area (Å²) in [4.78, 5) is 10.2. The summed E-state index contributed by atoms with van der Waals surface area (Å²) in [7, 11) is 0. The molecule has 1 aliphatic rings. The van der Waals surface area contributed by atoms with Crippen LogP contribution in [0.3, 0.4) is 0 Å². The highest BCUT2D eigenvalue weighted by molar-refractivity contribution is 5.87. The molecule has 156 valence electrons. The van der Waals surface area contributed by atoms with Crippen LogP contribution in [0.1, 0.15) is 19.4 Å². The van der Waals surface area contributed by atoms with Crippen LogP contribution < -0.4 is 20.8 Å². The summed E-state index contributed by atoms with van der Waals surface area (Å²) in [6, 6.07) is 8.40. The molecule has 1 fully saturated rings. The van der Waals surface area contributed by atoms with E-state index in [0.29, 0.717) is 18.5 Å². The number of benzene rings is 1. The zero-order chi connectivity index (χ0) is 20.6. The van der Waals surface area contributed by atoms with Crippen LogP contribution in [0, 0.1) is 6.92 Å². The van der Waals surface area contributed by atoms with Crippen LogP contribution in [0.2, 0.25) is 0 Å². The van der Waals surface area contributed by atoms with Crippen LogP contribution in [-0.2, 0) is 4.74 Å². The van der Waals surface area contributed by atoms with Gasteiger partial charge in [-0.1, -0.05) is 0 Å². The van der Waals surface area contributed by atoms with Crippen molar-refractivity contribution >= 4 is 22.6 Å². The Hall–Kier alpha value is -2.64. The lowest BCUT2D eigenvalue weighted by atomic mass is 10.1. The van der Waals surface area contributed by atoms with Crippen molar-refractivity contribution in [2.75, 3.05) is 44.8 Å². The Labute approximate surface area is 172 Å². The Morgan fingerprint density at radius 2 is 2.14 bits per heavy atom. The second-order valence-corrected chi connectivity index (χ2v) is 7.54. The molecule has 4 N–H and O–H groups in total. The number of nitrogens with zero attached hydrogens (tertiary/aromatic N) is 2. The molecule has 0 amide bonds. The summed E-state index contributed by atoms with van der Waals surface area (Å²) in [6.07, 6.45) is 3.59. The highest BCUT2D eigenvalue weighted by atomic mass is 16.5. The third-order valence-corrected chi connectivity index (χ3v) is 4.72. The van der Waals surface area contributed by atoms with Crippen LogP contribution in [0.4, 0.5) is 5.82 Å². The zero-order valence-electron chi connectivity index (χ0n) is 17.6. The molecule has 0 atom stereocenters. The van der Waals surface area contributed by atoms with E-state index in [-0.39, 0.29) is 0 Å². The van der Waals surface area contributed by atoms with Gasteiger partial charge in [0.05, 0.1) is 24.8 Å². The minimum absolute atomic E-state index is 0.294. The van der Waals surface area contributed by atoms with Gasteiger partial charge in [0.1, 0.15) is 18.2 Å². The minimum atomic E-state index is 0.294. The molecule has 2 heterocycles. The molecule has 2 aromatic rings. The molecular weight excluding hydrogens is 366 g/mol. The largest absolute Gasteiger partial charge is 0.492 e. The van der Waals surface area contributed by atoms with Gasteiger partial charge in [0.2, 0.25) is 0 Å². The van der Waals surface area contributed by atoms with E-state index in [0.717, 1.165) is 60.9 Å². The average molecular weight is 399 g/mol. The zero-order valence-corrected chi connectivity index (χ0v) is 17.6. The maximum atomic E-state index is 5.96. The predicted molar refractivity (Wildman–Crippen MR) is 117 cm³/mol. The number of hydrogen-bond donors (Lipinski definition) is 3. The fourth-order valence-electron chi connectivity index (χ4n) is 3.26. The fourth-order valence-corrected chi connectivity index (χ4v) is 3.26. The van der Waals surface area contributed by atoms with Gasteiger partial charge < -0.3 is 14.8 Å². The third kappa shape index (κ3) is 6.44. The predicted octanol–water partition coefficient (Wildman–Crippen LogP) is 1.03. The van der Waals surface area contributed by atoms with E-state index in [9.17, 15) is 0 Å². The number of pyridine rings is 1. The molecule has 0 bridgehead atoms. The van der Waals surface area contributed by atoms with Gasteiger partial charge >= 0.3 is 0 Å². The summed E-state index contributed by atoms with van der Waals surface area (Å²) >= 11 is 0. The second-order valence-electron chi connectivity index (χ2n) is 7.54. The molecule has 0 spiro atoms. The molecule has 29 heavy (non-hydrogen) atoms. The van der Waals surface area contributed by atoms with Gasteiger partial charge in [-0.2, -0.15) is 0 Å². The lowest BCUT2D eigenvalue weighted by Crippen LogP contribution is -2.79. The molecule has 1 aromatic carbocycles. The van der Waals surface area contributed by atoms with Crippen molar-refractivity contribution < 1.29 is 14.5 Å². The van der Waals surface area contributed by atoms with Crippen molar-refractivity contribution in [2.24, 2.45) is 5.73 Å². The van der Waals surface area contributed by atoms with Crippen molar-refractivity contribution in [3.8, 4) is 5.75 Å². The van der Waals surface area contributed by atoms with E-state index in [1.807, 2.05) is 32.0 Å². The normalized spacial score (nSPS) is 16.1. The summed E-state index contributed by atoms with van der Waals surface area (Å²) in [5.41, 5.74) is 7.97. The van der Waals surface area contributed by atoms with E-state index in [4.69, 9.17) is 20.2 Å². The number of nitrogens with one attached hydrogen (secondary N) is 2. The number of nitrogens with two attached hydrogens (primary N) is 1. The van der Waals surface area contributed by atoms with Gasteiger partial charge in [0.25, 0.3) is 5.84 Å². The molecule has 1 aromatic heterocycles. The van der Waals surface area contributed by atoms with Gasteiger partial charge in [-0.05, 0) is 44.5 Å². The maximum Gasteiger partial charge on any atom is 0.267 e. The molecule has 7 nitrogen and oxygen atoms in total. The van der Waals surface area contributed by atoms with Crippen LogP contribution in [0.15, 0.2) is 36.5 Å². The Kier molecular flexibility index (Phi) is 7.43. The lowest BCUT2D eigenvalue weighted by molar-refractivity contribution is -0.493. The second kappa shape index (κ2) is 10.2. The quantitative estimate of drug-likeness (QED) is 0.455. The lowest BCUT2D eigenvalue weighted by Gasteiger charge is -2.26. The van der Waals surface area contributed by atoms with Crippen molar-refractivity contribution in [1.29, 1.82) is 0 Å². The Balaban J connectivity index is 1.64. The highest BCUT2D eigenvalue weighted by Gasteiger charge is 2.10. The van der Waals surface area contributed by atoms with Crippen molar-refractivity contribution in [2.45, 2.75) is 26.8 Å². The van der Waals surface area contributed by atoms with Crippen LogP contribution in [0.5, 0.6) is 5.75 Å². The third-order valence-electron chi connectivity index (χ3n) is 4.72. The number of fused-ring (bicyclic) bond motifs is 1. The number of ether oxygens (including phenoxy) is 2. The van der Waals surface area contributed by atoms with Crippen LogP contribution >= 0.6 is 0 Å². The molecule has 0 unspecified atom stereocenters. The summed E-state index contributed by atoms with van der Waals surface area (Å²) < 4.78 is 11.3. The number of morpholine rings is 1. The first kappa shape index (κ1) is 21.1.